The minimum absolute atomic E-state index is 0.598. The number of hydrogen-bond donors (Lipinski definition) is 1. The van der Waals surface area contributed by atoms with Crippen LogP contribution < -0.4 is 14.8 Å². The van der Waals surface area contributed by atoms with Crippen LogP contribution in [0.2, 0.25) is 0 Å². The van der Waals surface area contributed by atoms with Crippen molar-refractivity contribution >= 4 is 15.9 Å². The first-order valence-corrected chi connectivity index (χ1v) is 5.83. The van der Waals surface area contributed by atoms with E-state index in [-0.39, 0.29) is 0 Å². The Balaban J connectivity index is 2.28. The van der Waals surface area contributed by atoms with Gasteiger partial charge in [-0.25, -0.2) is 0 Å². The van der Waals surface area contributed by atoms with E-state index in [1.54, 1.807) is 7.11 Å². The molecule has 16 heavy (non-hydrogen) atoms. The topological polar surface area (TPSA) is 30.5 Å². The molecule has 1 rings (SSSR count). The number of methoxy groups -OCH3 is 1. The second-order valence-electron chi connectivity index (χ2n) is 3.19. The van der Waals surface area contributed by atoms with Gasteiger partial charge < -0.3 is 14.8 Å². The molecule has 4 heteroatoms. The lowest BCUT2D eigenvalue weighted by Crippen LogP contribution is -2.22. The van der Waals surface area contributed by atoms with Crippen LogP contribution in [-0.2, 0) is 0 Å². The Labute approximate surface area is 105 Å². The molecule has 88 valence electrons. The Morgan fingerprint density at radius 1 is 1.38 bits per heavy atom. The molecule has 0 radical (unpaired) electrons. The van der Waals surface area contributed by atoms with E-state index in [1.807, 2.05) is 24.3 Å². The summed E-state index contributed by atoms with van der Waals surface area (Å²) in [5.41, 5.74) is 0. The van der Waals surface area contributed by atoms with Crippen molar-refractivity contribution in [1.82, 2.24) is 5.32 Å². The normalized spacial score (nSPS) is 9.88. The zero-order chi connectivity index (χ0) is 11.8. The van der Waals surface area contributed by atoms with E-state index in [4.69, 9.17) is 9.47 Å². The zero-order valence-electron chi connectivity index (χ0n) is 9.33. The second kappa shape index (κ2) is 7.30. The molecule has 1 aromatic rings. The number of para-hydroxylation sites is 2. The highest BCUT2D eigenvalue weighted by atomic mass is 79.9. The molecule has 3 nitrogen and oxygen atoms in total. The summed E-state index contributed by atoms with van der Waals surface area (Å²) in [5, 5.41) is 3.18. The van der Waals surface area contributed by atoms with E-state index in [9.17, 15) is 0 Å². The summed E-state index contributed by atoms with van der Waals surface area (Å²) < 4.78 is 11.7. The van der Waals surface area contributed by atoms with Crippen LogP contribution in [0.15, 0.2) is 35.3 Å². The van der Waals surface area contributed by atoms with Gasteiger partial charge in [0, 0.05) is 17.6 Å². The van der Waals surface area contributed by atoms with Crippen LogP contribution >= 0.6 is 15.9 Å². The summed E-state index contributed by atoms with van der Waals surface area (Å²) in [6.45, 7) is 5.84. The van der Waals surface area contributed by atoms with Crippen LogP contribution in [0.3, 0.4) is 0 Å². The maximum absolute atomic E-state index is 5.58. The SMILES string of the molecule is C=C(Br)CNCCOc1ccccc1OC. The van der Waals surface area contributed by atoms with E-state index in [0.29, 0.717) is 6.61 Å². The molecular weight excluding hydrogens is 270 g/mol. The predicted molar refractivity (Wildman–Crippen MR) is 69.4 cm³/mol. The van der Waals surface area contributed by atoms with Gasteiger partial charge in [-0.1, -0.05) is 34.6 Å². The number of benzene rings is 1. The Morgan fingerprint density at radius 3 is 2.69 bits per heavy atom. The zero-order valence-corrected chi connectivity index (χ0v) is 10.9. The first-order valence-electron chi connectivity index (χ1n) is 5.04. The van der Waals surface area contributed by atoms with E-state index < -0.39 is 0 Å². The van der Waals surface area contributed by atoms with Gasteiger partial charge in [0.25, 0.3) is 0 Å². The standard InChI is InChI=1S/C12H16BrNO2/c1-10(13)9-14-7-8-16-12-6-4-3-5-11(12)15-2/h3-6,14H,1,7-9H2,2H3. The number of halogens is 1. The molecule has 0 unspecified atom stereocenters. The van der Waals surface area contributed by atoms with Crippen molar-refractivity contribution in [3.05, 3.63) is 35.3 Å². The third kappa shape index (κ3) is 4.68. The third-order valence-electron chi connectivity index (χ3n) is 1.92. The molecule has 0 aliphatic rings. The van der Waals surface area contributed by atoms with Gasteiger partial charge in [0.15, 0.2) is 11.5 Å². The van der Waals surface area contributed by atoms with Crippen molar-refractivity contribution in [2.24, 2.45) is 0 Å². The molecular formula is C12H16BrNO2. The van der Waals surface area contributed by atoms with E-state index in [1.165, 1.54) is 0 Å². The van der Waals surface area contributed by atoms with Gasteiger partial charge in [0.1, 0.15) is 6.61 Å². The van der Waals surface area contributed by atoms with Gasteiger partial charge in [-0.05, 0) is 12.1 Å². The molecule has 0 heterocycles. The van der Waals surface area contributed by atoms with Crippen molar-refractivity contribution in [3.63, 3.8) is 0 Å². The molecule has 0 saturated carbocycles. The first-order chi connectivity index (χ1) is 7.74. The van der Waals surface area contributed by atoms with E-state index >= 15 is 0 Å². The summed E-state index contributed by atoms with van der Waals surface area (Å²) in [6, 6.07) is 7.61. The second-order valence-corrected chi connectivity index (χ2v) is 4.31. The van der Waals surface area contributed by atoms with Crippen molar-refractivity contribution in [2.75, 3.05) is 26.8 Å². The number of nitrogens with one attached hydrogen (secondary N) is 1. The maximum atomic E-state index is 5.58. The highest BCUT2D eigenvalue weighted by Gasteiger charge is 2.01. The Hall–Kier alpha value is -1.00. The van der Waals surface area contributed by atoms with Crippen LogP contribution in [0.25, 0.3) is 0 Å². The molecule has 0 atom stereocenters. The van der Waals surface area contributed by atoms with Crippen molar-refractivity contribution in [3.8, 4) is 11.5 Å². The fourth-order valence-electron chi connectivity index (χ4n) is 1.20. The van der Waals surface area contributed by atoms with Crippen LogP contribution in [0.5, 0.6) is 11.5 Å². The maximum Gasteiger partial charge on any atom is 0.161 e. The van der Waals surface area contributed by atoms with Gasteiger partial charge in [0.2, 0.25) is 0 Å². The monoisotopic (exact) mass is 285 g/mol. The van der Waals surface area contributed by atoms with Gasteiger partial charge in [-0.2, -0.15) is 0 Å². The predicted octanol–water partition coefficient (Wildman–Crippen LogP) is 2.57. The van der Waals surface area contributed by atoms with E-state index in [0.717, 1.165) is 29.1 Å². The summed E-state index contributed by atoms with van der Waals surface area (Å²) in [4.78, 5) is 0. The smallest absolute Gasteiger partial charge is 0.161 e. The van der Waals surface area contributed by atoms with Gasteiger partial charge in [-0.3, -0.25) is 0 Å². The molecule has 1 aromatic carbocycles. The van der Waals surface area contributed by atoms with Crippen LogP contribution in [0, 0.1) is 0 Å². The molecule has 0 aliphatic heterocycles. The number of ether oxygens (including phenoxy) is 2. The Morgan fingerprint density at radius 2 is 2.06 bits per heavy atom. The average molecular weight is 286 g/mol. The van der Waals surface area contributed by atoms with Crippen molar-refractivity contribution < 1.29 is 9.47 Å². The van der Waals surface area contributed by atoms with Gasteiger partial charge >= 0.3 is 0 Å². The summed E-state index contributed by atoms with van der Waals surface area (Å²) in [5.74, 6) is 1.52. The molecule has 0 spiro atoms. The highest BCUT2D eigenvalue weighted by Crippen LogP contribution is 2.25. The molecule has 0 aliphatic carbocycles. The fourth-order valence-corrected chi connectivity index (χ4v) is 1.39. The summed E-state index contributed by atoms with van der Waals surface area (Å²) >= 11 is 3.28. The Bertz CT molecular complexity index is 342. The third-order valence-corrected chi connectivity index (χ3v) is 2.20. The largest absolute Gasteiger partial charge is 0.493 e. The van der Waals surface area contributed by atoms with Crippen molar-refractivity contribution in [1.29, 1.82) is 0 Å². The van der Waals surface area contributed by atoms with E-state index in [2.05, 4.69) is 27.8 Å². The van der Waals surface area contributed by atoms with Crippen LogP contribution in [-0.4, -0.2) is 26.8 Å². The summed E-state index contributed by atoms with van der Waals surface area (Å²) in [6.07, 6.45) is 0. The molecule has 0 fully saturated rings. The quantitative estimate of drug-likeness (QED) is 0.781. The van der Waals surface area contributed by atoms with Crippen molar-refractivity contribution in [2.45, 2.75) is 0 Å². The lowest BCUT2D eigenvalue weighted by molar-refractivity contribution is 0.294. The minimum Gasteiger partial charge on any atom is -0.493 e. The fraction of sp³-hybridized carbons (Fsp3) is 0.333. The molecule has 0 amide bonds. The highest BCUT2D eigenvalue weighted by molar-refractivity contribution is 9.11. The van der Waals surface area contributed by atoms with Gasteiger partial charge in [0.05, 0.1) is 7.11 Å². The molecule has 0 aromatic heterocycles. The molecule has 1 N–H and O–H groups in total. The lowest BCUT2D eigenvalue weighted by Gasteiger charge is -2.10. The molecule has 0 bridgehead atoms. The lowest BCUT2D eigenvalue weighted by atomic mass is 10.3. The minimum atomic E-state index is 0.598. The molecule has 0 saturated heterocycles. The van der Waals surface area contributed by atoms with Gasteiger partial charge in [-0.15, -0.1) is 0 Å². The summed E-state index contributed by atoms with van der Waals surface area (Å²) in [7, 11) is 1.63. The van der Waals surface area contributed by atoms with Crippen LogP contribution in [0.4, 0.5) is 0 Å². The van der Waals surface area contributed by atoms with Crippen LogP contribution in [0.1, 0.15) is 0 Å². The number of hydrogen-bond acceptors (Lipinski definition) is 3. The average Bonchev–Trinajstić information content (AvgIpc) is 2.29. The number of rotatable bonds is 7. The Kier molecular flexibility index (Phi) is 5.96. The first kappa shape index (κ1) is 13.1.